The third kappa shape index (κ3) is 2.94. The summed E-state index contributed by atoms with van der Waals surface area (Å²) in [5.41, 5.74) is 2.01. The average Bonchev–Trinajstić information content (AvgIpc) is 2.67. The van der Waals surface area contributed by atoms with Gasteiger partial charge in [0.25, 0.3) is 0 Å². The second kappa shape index (κ2) is 7.18. The zero-order valence-corrected chi connectivity index (χ0v) is 16.4. The number of aromatic nitrogens is 1. The van der Waals surface area contributed by atoms with Crippen LogP contribution in [0.1, 0.15) is 31.4 Å². The molecule has 3 aliphatic rings. The van der Waals surface area contributed by atoms with E-state index in [-0.39, 0.29) is 23.0 Å². The number of hydrogen-bond donors (Lipinski definition) is 1. The van der Waals surface area contributed by atoms with Crippen LogP contribution in [0.2, 0.25) is 0 Å². The first-order chi connectivity index (χ1) is 11.7. The largest absolute Gasteiger partial charge is 1.00 e. The van der Waals surface area contributed by atoms with Gasteiger partial charge in [0, 0.05) is 30.3 Å². The van der Waals surface area contributed by atoms with Crippen LogP contribution >= 0.6 is 0 Å². The maximum atomic E-state index is 11.4. The molecular formula is C21H27BrN2O. The Morgan fingerprint density at radius 3 is 2.92 bits per heavy atom. The fourth-order valence-corrected chi connectivity index (χ4v) is 5.23. The quantitative estimate of drug-likeness (QED) is 0.603. The smallest absolute Gasteiger partial charge is 0.131 e. The highest BCUT2D eigenvalue weighted by atomic mass is 79.9. The van der Waals surface area contributed by atoms with Crippen molar-refractivity contribution >= 4 is 10.9 Å². The Bertz CT molecular complexity index is 759. The third-order valence-electron chi connectivity index (χ3n) is 6.67. The van der Waals surface area contributed by atoms with Gasteiger partial charge in [-0.3, -0.25) is 4.98 Å². The molecule has 2 aromatic rings. The zero-order chi connectivity index (χ0) is 16.7. The molecule has 1 N–H and O–H groups in total. The number of fused-ring (bicyclic) bond motifs is 4. The lowest BCUT2D eigenvalue weighted by Gasteiger charge is -2.57. The molecule has 5 atom stereocenters. The van der Waals surface area contributed by atoms with E-state index in [9.17, 15) is 5.11 Å². The second-order valence-electron chi connectivity index (χ2n) is 7.55. The second-order valence-corrected chi connectivity index (χ2v) is 7.55. The molecule has 0 aliphatic carbocycles. The van der Waals surface area contributed by atoms with Crippen molar-refractivity contribution in [2.75, 3.05) is 19.6 Å². The maximum absolute atomic E-state index is 11.4. The standard InChI is InChI=1S/C21H27N2O.BrH/c1-3-15-14-23(4-2)12-10-16(15)13-20(23)21(24)18-9-11-22-19-8-6-5-7-17(18)19;/h3,5-9,11,15-16,20-21,24H,1,4,10,12-14H2,2H3;1H/q+1;/p-1/t15?,16?,20-,21+,23+;/m1./s1. The molecule has 0 radical (unpaired) electrons. The molecule has 25 heavy (non-hydrogen) atoms. The summed E-state index contributed by atoms with van der Waals surface area (Å²) in [4.78, 5) is 4.45. The molecule has 2 unspecified atom stereocenters. The summed E-state index contributed by atoms with van der Waals surface area (Å²) in [5, 5.41) is 12.4. The molecule has 3 nitrogen and oxygen atoms in total. The number of nitrogens with zero attached hydrogens (tertiary/aromatic N) is 2. The van der Waals surface area contributed by atoms with E-state index >= 15 is 0 Å². The van der Waals surface area contributed by atoms with Gasteiger partial charge in [-0.25, -0.2) is 0 Å². The molecule has 4 heterocycles. The predicted octanol–water partition coefficient (Wildman–Crippen LogP) is 0.703. The topological polar surface area (TPSA) is 33.1 Å². The monoisotopic (exact) mass is 402 g/mol. The van der Waals surface area contributed by atoms with E-state index in [0.29, 0.717) is 11.8 Å². The van der Waals surface area contributed by atoms with Crippen molar-refractivity contribution in [3.05, 3.63) is 54.7 Å². The molecule has 3 aliphatic heterocycles. The molecule has 3 saturated heterocycles. The lowest BCUT2D eigenvalue weighted by atomic mass is 9.71. The van der Waals surface area contributed by atoms with Crippen molar-refractivity contribution < 1.29 is 26.6 Å². The maximum Gasteiger partial charge on any atom is 0.131 e. The molecule has 1 aromatic heterocycles. The van der Waals surface area contributed by atoms with Gasteiger partial charge in [-0.05, 0) is 30.5 Å². The first-order valence-electron chi connectivity index (χ1n) is 9.18. The number of piperidine rings is 3. The minimum atomic E-state index is -0.425. The highest BCUT2D eigenvalue weighted by molar-refractivity contribution is 5.82. The summed E-state index contributed by atoms with van der Waals surface area (Å²) in [6.07, 6.45) is 5.93. The summed E-state index contributed by atoms with van der Waals surface area (Å²) in [7, 11) is 0. The van der Waals surface area contributed by atoms with Crippen LogP contribution in [0, 0.1) is 11.8 Å². The van der Waals surface area contributed by atoms with E-state index in [0.717, 1.165) is 40.5 Å². The Labute approximate surface area is 160 Å². The number of halogens is 1. The van der Waals surface area contributed by atoms with Gasteiger partial charge in [-0.15, -0.1) is 6.58 Å². The van der Waals surface area contributed by atoms with E-state index in [1.807, 2.05) is 30.5 Å². The van der Waals surface area contributed by atoms with E-state index in [2.05, 4.69) is 30.6 Å². The Hall–Kier alpha value is -1.23. The number of aliphatic hydroxyl groups excluding tert-OH is 1. The van der Waals surface area contributed by atoms with Crippen LogP contribution in [0.4, 0.5) is 0 Å². The lowest BCUT2D eigenvalue weighted by Crippen LogP contribution is -3.00. The van der Waals surface area contributed by atoms with Crippen molar-refractivity contribution in [1.82, 2.24) is 4.98 Å². The van der Waals surface area contributed by atoms with Gasteiger partial charge in [-0.2, -0.15) is 0 Å². The normalized spacial score (nSPS) is 32.2. The summed E-state index contributed by atoms with van der Waals surface area (Å²) < 4.78 is 1.03. The van der Waals surface area contributed by atoms with Crippen molar-refractivity contribution in [2.45, 2.75) is 31.9 Å². The van der Waals surface area contributed by atoms with Gasteiger partial charge in [0.2, 0.25) is 0 Å². The van der Waals surface area contributed by atoms with Crippen LogP contribution in [-0.4, -0.2) is 40.2 Å². The van der Waals surface area contributed by atoms with Crippen LogP contribution in [0.25, 0.3) is 10.9 Å². The van der Waals surface area contributed by atoms with Crippen molar-refractivity contribution in [3.8, 4) is 0 Å². The highest BCUT2D eigenvalue weighted by Gasteiger charge is 2.53. The summed E-state index contributed by atoms with van der Waals surface area (Å²) in [6.45, 7) is 9.74. The Balaban J connectivity index is 0.00000182. The number of para-hydroxylation sites is 1. The third-order valence-corrected chi connectivity index (χ3v) is 6.67. The van der Waals surface area contributed by atoms with E-state index in [1.54, 1.807) is 0 Å². The number of likely N-dealkylation sites (N-methyl/N-ethyl adjacent to an activating group) is 1. The molecular weight excluding hydrogens is 376 g/mol. The van der Waals surface area contributed by atoms with Gasteiger partial charge in [-0.1, -0.05) is 24.3 Å². The number of rotatable bonds is 4. The Morgan fingerprint density at radius 2 is 2.16 bits per heavy atom. The van der Waals surface area contributed by atoms with Gasteiger partial charge >= 0.3 is 0 Å². The van der Waals surface area contributed by atoms with Gasteiger partial charge in [0.05, 0.1) is 25.2 Å². The minimum absolute atomic E-state index is 0. The minimum Gasteiger partial charge on any atom is -1.00 e. The molecule has 4 heteroatoms. The Morgan fingerprint density at radius 1 is 1.36 bits per heavy atom. The summed E-state index contributed by atoms with van der Waals surface area (Å²) in [5.74, 6) is 1.29. The van der Waals surface area contributed by atoms with Crippen LogP contribution in [0.5, 0.6) is 0 Å². The molecule has 0 spiro atoms. The first kappa shape index (κ1) is 18.6. The van der Waals surface area contributed by atoms with Crippen LogP contribution in [0.15, 0.2) is 49.2 Å². The molecule has 0 amide bonds. The molecule has 0 saturated carbocycles. The predicted molar refractivity (Wildman–Crippen MR) is 97.4 cm³/mol. The molecule has 2 bridgehead atoms. The number of quaternary nitrogens is 1. The number of aliphatic hydroxyl groups is 1. The van der Waals surface area contributed by atoms with Crippen molar-refractivity contribution in [1.29, 1.82) is 0 Å². The molecule has 1 aromatic carbocycles. The fourth-order valence-electron chi connectivity index (χ4n) is 5.23. The molecule has 3 fully saturated rings. The Kier molecular flexibility index (Phi) is 5.33. The average molecular weight is 403 g/mol. The van der Waals surface area contributed by atoms with E-state index in [1.165, 1.54) is 13.0 Å². The lowest BCUT2D eigenvalue weighted by molar-refractivity contribution is -0.971. The van der Waals surface area contributed by atoms with E-state index < -0.39 is 6.10 Å². The summed E-state index contributed by atoms with van der Waals surface area (Å²) in [6, 6.07) is 10.4. The van der Waals surface area contributed by atoms with Crippen LogP contribution in [0.3, 0.4) is 0 Å². The summed E-state index contributed by atoms with van der Waals surface area (Å²) >= 11 is 0. The van der Waals surface area contributed by atoms with Crippen molar-refractivity contribution in [3.63, 3.8) is 0 Å². The first-order valence-corrected chi connectivity index (χ1v) is 9.18. The van der Waals surface area contributed by atoms with Crippen LogP contribution < -0.4 is 17.0 Å². The van der Waals surface area contributed by atoms with E-state index in [4.69, 9.17) is 0 Å². The number of benzene rings is 1. The van der Waals surface area contributed by atoms with Gasteiger partial charge < -0.3 is 26.6 Å². The highest BCUT2D eigenvalue weighted by Crippen LogP contribution is 2.46. The van der Waals surface area contributed by atoms with Crippen LogP contribution in [-0.2, 0) is 0 Å². The molecule has 5 rings (SSSR count). The van der Waals surface area contributed by atoms with Gasteiger partial charge in [0.15, 0.2) is 0 Å². The fraction of sp³-hybridized carbons (Fsp3) is 0.476. The molecule has 134 valence electrons. The zero-order valence-electron chi connectivity index (χ0n) is 14.8. The number of pyridine rings is 1. The van der Waals surface area contributed by atoms with Gasteiger partial charge in [0.1, 0.15) is 12.1 Å². The van der Waals surface area contributed by atoms with Crippen molar-refractivity contribution in [2.24, 2.45) is 11.8 Å². The number of hydrogen-bond acceptors (Lipinski definition) is 2. The SMILES string of the molecule is C=CC1C[N@+]2(CC)CCC1C[C@@H]2[C@@H](O)c1ccnc2ccccc12.[Br-].